The van der Waals surface area contributed by atoms with E-state index in [1.54, 1.807) is 7.11 Å². The van der Waals surface area contributed by atoms with Gasteiger partial charge in [0.05, 0.1) is 20.1 Å². The van der Waals surface area contributed by atoms with Crippen LogP contribution < -0.4 is 9.47 Å². The van der Waals surface area contributed by atoms with E-state index in [1.165, 1.54) is 5.56 Å². The van der Waals surface area contributed by atoms with Crippen LogP contribution in [0.1, 0.15) is 12.0 Å². The molecule has 5 heteroatoms. The summed E-state index contributed by atoms with van der Waals surface area (Å²) in [6, 6.07) is 17.9. The molecule has 1 fully saturated rings. The Hall–Kier alpha value is -2.53. The molecule has 1 saturated heterocycles. The third-order valence-electron chi connectivity index (χ3n) is 4.62. The molecule has 0 aliphatic carbocycles. The topological polar surface area (TPSA) is 42.0 Å². The molecule has 0 saturated carbocycles. The van der Waals surface area contributed by atoms with E-state index < -0.39 is 0 Å². The van der Waals surface area contributed by atoms with E-state index in [9.17, 15) is 4.79 Å². The summed E-state index contributed by atoms with van der Waals surface area (Å²) in [7, 11) is 1.63. The third-order valence-corrected chi connectivity index (χ3v) is 4.62. The second-order valence-corrected chi connectivity index (χ2v) is 6.42. The predicted octanol–water partition coefficient (Wildman–Crippen LogP) is 2.81. The first-order chi connectivity index (χ1) is 12.7. The molecule has 0 unspecified atom stereocenters. The molecule has 1 aliphatic heterocycles. The number of methoxy groups -OCH3 is 1. The maximum Gasteiger partial charge on any atom is 0.226 e. The van der Waals surface area contributed by atoms with Gasteiger partial charge in [-0.15, -0.1) is 0 Å². The minimum atomic E-state index is 0.165. The van der Waals surface area contributed by atoms with Crippen molar-refractivity contribution in [1.29, 1.82) is 0 Å². The molecule has 1 amide bonds. The smallest absolute Gasteiger partial charge is 0.226 e. The van der Waals surface area contributed by atoms with Crippen LogP contribution in [0.2, 0.25) is 0 Å². The summed E-state index contributed by atoms with van der Waals surface area (Å²) in [5.41, 5.74) is 1.32. The quantitative estimate of drug-likeness (QED) is 0.767. The molecule has 1 aliphatic rings. The first-order valence-electron chi connectivity index (χ1n) is 9.05. The Kier molecular flexibility index (Phi) is 6.50. The second kappa shape index (κ2) is 9.25. The van der Waals surface area contributed by atoms with Gasteiger partial charge in [0.15, 0.2) is 0 Å². The van der Waals surface area contributed by atoms with Crippen LogP contribution in [0.3, 0.4) is 0 Å². The molecule has 1 heterocycles. The maximum atomic E-state index is 12.4. The van der Waals surface area contributed by atoms with E-state index >= 15 is 0 Å². The molecule has 0 N–H and O–H groups in total. The van der Waals surface area contributed by atoms with Crippen LogP contribution in [0.5, 0.6) is 11.5 Å². The lowest BCUT2D eigenvalue weighted by atomic mass is 10.2. The minimum absolute atomic E-state index is 0.165. The van der Waals surface area contributed by atoms with E-state index in [4.69, 9.17) is 9.47 Å². The summed E-state index contributed by atoms with van der Waals surface area (Å²) in [6.07, 6.45) is 0.407. The Morgan fingerprint density at radius 1 is 0.923 bits per heavy atom. The van der Waals surface area contributed by atoms with Gasteiger partial charge < -0.3 is 14.4 Å². The number of amides is 1. The summed E-state index contributed by atoms with van der Waals surface area (Å²) in [5, 5.41) is 0. The molecule has 2 aromatic carbocycles. The van der Waals surface area contributed by atoms with Crippen LogP contribution in [0.4, 0.5) is 0 Å². The minimum Gasteiger partial charge on any atom is -0.497 e. The average molecular weight is 354 g/mol. The van der Waals surface area contributed by atoms with Crippen LogP contribution in [0.25, 0.3) is 0 Å². The summed E-state index contributed by atoms with van der Waals surface area (Å²) >= 11 is 0. The Morgan fingerprint density at radius 2 is 1.58 bits per heavy atom. The Labute approximate surface area is 155 Å². The fourth-order valence-corrected chi connectivity index (χ4v) is 3.08. The zero-order valence-electron chi connectivity index (χ0n) is 15.3. The van der Waals surface area contributed by atoms with E-state index in [2.05, 4.69) is 29.2 Å². The highest BCUT2D eigenvalue weighted by molar-refractivity contribution is 5.76. The van der Waals surface area contributed by atoms with Crippen LogP contribution in [0.15, 0.2) is 54.6 Å². The molecule has 3 rings (SSSR count). The van der Waals surface area contributed by atoms with E-state index in [0.717, 1.165) is 44.2 Å². The molecule has 26 heavy (non-hydrogen) atoms. The molecule has 2 aromatic rings. The van der Waals surface area contributed by atoms with Crippen LogP contribution in [-0.2, 0) is 11.3 Å². The van der Waals surface area contributed by atoms with Crippen LogP contribution in [0, 0.1) is 0 Å². The van der Waals surface area contributed by atoms with Gasteiger partial charge in [0, 0.05) is 32.7 Å². The number of hydrogen-bond donors (Lipinski definition) is 0. The molecular weight excluding hydrogens is 328 g/mol. The molecule has 0 atom stereocenters. The molecule has 0 bridgehead atoms. The number of benzene rings is 2. The fraction of sp³-hybridized carbons (Fsp3) is 0.381. The molecule has 0 radical (unpaired) electrons. The number of hydrogen-bond acceptors (Lipinski definition) is 4. The van der Waals surface area contributed by atoms with Gasteiger partial charge in [-0.2, -0.15) is 0 Å². The van der Waals surface area contributed by atoms with Gasteiger partial charge in [0.2, 0.25) is 5.91 Å². The lowest BCUT2D eigenvalue weighted by molar-refractivity contribution is -0.133. The summed E-state index contributed by atoms with van der Waals surface area (Å²) in [5.74, 6) is 1.71. The highest BCUT2D eigenvalue weighted by Crippen LogP contribution is 2.17. The lowest BCUT2D eigenvalue weighted by Gasteiger charge is -2.34. The van der Waals surface area contributed by atoms with Crippen molar-refractivity contribution >= 4 is 5.91 Å². The molecule has 5 nitrogen and oxygen atoms in total. The van der Waals surface area contributed by atoms with Crippen LogP contribution >= 0.6 is 0 Å². The number of piperazine rings is 1. The molecule has 0 aromatic heterocycles. The van der Waals surface area contributed by atoms with Gasteiger partial charge in [0.25, 0.3) is 0 Å². The van der Waals surface area contributed by atoms with Crippen molar-refractivity contribution in [2.45, 2.75) is 13.0 Å². The third kappa shape index (κ3) is 5.23. The van der Waals surface area contributed by atoms with Gasteiger partial charge in [-0.05, 0) is 29.8 Å². The zero-order valence-corrected chi connectivity index (χ0v) is 15.3. The lowest BCUT2D eigenvalue weighted by Crippen LogP contribution is -2.48. The SMILES string of the molecule is COc1ccc(OCCC(=O)N2CCN(Cc3ccccc3)CC2)cc1. The molecule has 138 valence electrons. The number of rotatable bonds is 7. The van der Waals surface area contributed by atoms with Crippen molar-refractivity contribution in [3.63, 3.8) is 0 Å². The highest BCUT2D eigenvalue weighted by Gasteiger charge is 2.20. The van der Waals surface area contributed by atoms with Gasteiger partial charge in [-0.1, -0.05) is 30.3 Å². The monoisotopic (exact) mass is 354 g/mol. The largest absolute Gasteiger partial charge is 0.497 e. The van der Waals surface area contributed by atoms with E-state index in [0.29, 0.717) is 13.0 Å². The fourth-order valence-electron chi connectivity index (χ4n) is 3.08. The predicted molar refractivity (Wildman–Crippen MR) is 101 cm³/mol. The standard InChI is InChI=1S/C21H26N2O3/c1-25-19-7-9-20(10-8-19)26-16-11-21(24)23-14-12-22(13-15-23)17-18-5-3-2-4-6-18/h2-10H,11-17H2,1H3. The van der Waals surface area contributed by atoms with Gasteiger partial charge >= 0.3 is 0 Å². The van der Waals surface area contributed by atoms with Gasteiger partial charge in [-0.25, -0.2) is 0 Å². The van der Waals surface area contributed by atoms with Crippen molar-refractivity contribution < 1.29 is 14.3 Å². The number of ether oxygens (including phenoxy) is 2. The van der Waals surface area contributed by atoms with Crippen molar-refractivity contribution in [3.8, 4) is 11.5 Å². The normalized spacial score (nSPS) is 14.9. The van der Waals surface area contributed by atoms with Crippen molar-refractivity contribution in [2.75, 3.05) is 39.9 Å². The molecular formula is C21H26N2O3. The van der Waals surface area contributed by atoms with Gasteiger partial charge in [-0.3, -0.25) is 9.69 Å². The van der Waals surface area contributed by atoms with Crippen molar-refractivity contribution in [1.82, 2.24) is 9.80 Å². The van der Waals surface area contributed by atoms with Crippen LogP contribution in [-0.4, -0.2) is 55.6 Å². The second-order valence-electron chi connectivity index (χ2n) is 6.42. The number of carbonyl (C=O) groups is 1. The van der Waals surface area contributed by atoms with E-state index in [-0.39, 0.29) is 5.91 Å². The van der Waals surface area contributed by atoms with Crippen molar-refractivity contribution in [2.24, 2.45) is 0 Å². The Bertz CT molecular complexity index is 680. The molecule has 0 spiro atoms. The maximum absolute atomic E-state index is 12.4. The summed E-state index contributed by atoms with van der Waals surface area (Å²) in [6.45, 7) is 4.75. The zero-order chi connectivity index (χ0) is 18.2. The Morgan fingerprint density at radius 3 is 2.23 bits per heavy atom. The average Bonchev–Trinajstić information content (AvgIpc) is 2.70. The van der Waals surface area contributed by atoms with E-state index in [1.807, 2.05) is 35.2 Å². The van der Waals surface area contributed by atoms with Crippen molar-refractivity contribution in [3.05, 3.63) is 60.2 Å². The number of carbonyl (C=O) groups excluding carboxylic acids is 1. The first kappa shape index (κ1) is 18.3. The highest BCUT2D eigenvalue weighted by atomic mass is 16.5. The summed E-state index contributed by atoms with van der Waals surface area (Å²) < 4.78 is 10.8. The number of nitrogens with zero attached hydrogens (tertiary/aromatic N) is 2. The first-order valence-corrected chi connectivity index (χ1v) is 9.05. The Balaban J connectivity index is 1.36. The van der Waals surface area contributed by atoms with Gasteiger partial charge in [0.1, 0.15) is 11.5 Å². The summed E-state index contributed by atoms with van der Waals surface area (Å²) in [4.78, 5) is 16.7.